The third-order valence-corrected chi connectivity index (χ3v) is 3.19. The van der Waals surface area contributed by atoms with E-state index in [1.807, 2.05) is 0 Å². The smallest absolute Gasteiger partial charge is 0.307 e. The van der Waals surface area contributed by atoms with Crippen molar-refractivity contribution in [2.24, 2.45) is 0 Å². The van der Waals surface area contributed by atoms with Crippen LogP contribution in [0.25, 0.3) is 0 Å². The van der Waals surface area contributed by atoms with E-state index in [-0.39, 0.29) is 24.0 Å². The Morgan fingerprint density at radius 1 is 1.45 bits per heavy atom. The molecule has 0 spiro atoms. The Morgan fingerprint density at radius 2 is 2.14 bits per heavy atom. The summed E-state index contributed by atoms with van der Waals surface area (Å²) in [5.41, 5.74) is 0.598. The fraction of sp³-hybridized carbons (Fsp3) is 0.286. The first-order chi connectivity index (χ1) is 10.5. The minimum absolute atomic E-state index is 0.162. The van der Waals surface area contributed by atoms with Gasteiger partial charge in [-0.25, -0.2) is 4.39 Å². The highest BCUT2D eigenvalue weighted by atomic mass is 19.1. The number of rotatable bonds is 6. The van der Waals surface area contributed by atoms with E-state index in [9.17, 15) is 19.3 Å². The second kappa shape index (κ2) is 6.79. The molecule has 1 N–H and O–H groups in total. The molecule has 0 bridgehead atoms. The van der Waals surface area contributed by atoms with Crippen molar-refractivity contribution in [1.29, 1.82) is 0 Å². The molecule has 0 aliphatic heterocycles. The van der Waals surface area contributed by atoms with Crippen molar-refractivity contribution in [1.82, 2.24) is 15.1 Å². The largest absolute Gasteiger partial charge is 0.350 e. The lowest BCUT2D eigenvalue weighted by Crippen LogP contribution is -2.32. The van der Waals surface area contributed by atoms with Gasteiger partial charge in [-0.15, -0.1) is 0 Å². The van der Waals surface area contributed by atoms with Crippen LogP contribution >= 0.6 is 0 Å². The number of nitrogens with one attached hydrogen (secondary N) is 1. The first-order valence-electron chi connectivity index (χ1n) is 6.72. The summed E-state index contributed by atoms with van der Waals surface area (Å²) in [6, 6.07) is 5.16. The summed E-state index contributed by atoms with van der Waals surface area (Å²) >= 11 is 0. The van der Waals surface area contributed by atoms with Crippen LogP contribution in [0.5, 0.6) is 0 Å². The van der Waals surface area contributed by atoms with Crippen molar-refractivity contribution in [2.45, 2.75) is 25.9 Å². The predicted molar refractivity (Wildman–Crippen MR) is 76.5 cm³/mol. The standard InChI is InChI=1S/C14H15FN4O3/c1-2-13(18-9-12(8-17-18)19(21)22)14(20)16-7-10-3-5-11(15)6-4-10/h3-6,8-9,13H,2,7H2,1H3,(H,16,20). The van der Waals surface area contributed by atoms with Crippen LogP contribution in [0, 0.1) is 15.9 Å². The molecule has 0 aliphatic carbocycles. The summed E-state index contributed by atoms with van der Waals surface area (Å²) in [5, 5.41) is 17.2. The zero-order chi connectivity index (χ0) is 16.1. The molecule has 0 aliphatic rings. The van der Waals surface area contributed by atoms with Gasteiger partial charge in [-0.3, -0.25) is 19.6 Å². The molecule has 2 rings (SSSR count). The van der Waals surface area contributed by atoms with Crippen molar-refractivity contribution in [3.63, 3.8) is 0 Å². The highest BCUT2D eigenvalue weighted by molar-refractivity contribution is 5.80. The molecule has 1 heterocycles. The van der Waals surface area contributed by atoms with Gasteiger partial charge in [0, 0.05) is 6.54 Å². The lowest BCUT2D eigenvalue weighted by molar-refractivity contribution is -0.385. The van der Waals surface area contributed by atoms with Gasteiger partial charge in [0.2, 0.25) is 5.91 Å². The summed E-state index contributed by atoms with van der Waals surface area (Å²) in [4.78, 5) is 22.3. The predicted octanol–water partition coefficient (Wildman–Crippen LogP) is 2.20. The van der Waals surface area contributed by atoms with Crippen LogP contribution in [-0.2, 0) is 11.3 Å². The quantitative estimate of drug-likeness (QED) is 0.654. The van der Waals surface area contributed by atoms with Crippen LogP contribution in [-0.4, -0.2) is 20.6 Å². The molecular weight excluding hydrogens is 291 g/mol. The maximum atomic E-state index is 12.8. The van der Waals surface area contributed by atoms with Gasteiger partial charge >= 0.3 is 5.69 Å². The highest BCUT2D eigenvalue weighted by Crippen LogP contribution is 2.16. The second-order valence-corrected chi connectivity index (χ2v) is 4.70. The average molecular weight is 306 g/mol. The third-order valence-electron chi connectivity index (χ3n) is 3.19. The first-order valence-corrected chi connectivity index (χ1v) is 6.72. The number of nitro groups is 1. The van der Waals surface area contributed by atoms with Gasteiger partial charge < -0.3 is 5.32 Å². The average Bonchev–Trinajstić information content (AvgIpc) is 2.97. The fourth-order valence-corrected chi connectivity index (χ4v) is 1.99. The molecule has 0 fully saturated rings. The number of halogens is 1. The molecule has 1 aromatic heterocycles. The Balaban J connectivity index is 2.01. The van der Waals surface area contributed by atoms with Gasteiger partial charge in [-0.05, 0) is 24.1 Å². The Hall–Kier alpha value is -2.77. The van der Waals surface area contributed by atoms with E-state index in [1.165, 1.54) is 23.0 Å². The summed E-state index contributed by atoms with van der Waals surface area (Å²) in [6.45, 7) is 2.04. The van der Waals surface area contributed by atoms with E-state index in [4.69, 9.17) is 0 Å². The van der Waals surface area contributed by atoms with Crippen LogP contribution < -0.4 is 5.32 Å². The van der Waals surface area contributed by atoms with Gasteiger partial charge in [0.1, 0.15) is 24.3 Å². The third kappa shape index (κ3) is 3.66. The van der Waals surface area contributed by atoms with Crippen molar-refractivity contribution in [2.75, 3.05) is 0 Å². The number of hydrogen-bond acceptors (Lipinski definition) is 4. The van der Waals surface area contributed by atoms with Crippen molar-refractivity contribution >= 4 is 11.6 Å². The Morgan fingerprint density at radius 3 is 2.68 bits per heavy atom. The molecule has 2 aromatic rings. The summed E-state index contributed by atoms with van der Waals surface area (Å²) in [7, 11) is 0. The van der Waals surface area contributed by atoms with Crippen molar-refractivity contribution in [3.05, 3.63) is 58.2 Å². The van der Waals surface area contributed by atoms with Crippen molar-refractivity contribution in [3.8, 4) is 0 Å². The van der Waals surface area contributed by atoms with Crippen molar-refractivity contribution < 1.29 is 14.1 Å². The number of hydrogen-bond donors (Lipinski definition) is 1. The van der Waals surface area contributed by atoms with Gasteiger partial charge in [-0.2, -0.15) is 5.10 Å². The van der Waals surface area contributed by atoms with E-state index in [1.54, 1.807) is 19.1 Å². The molecule has 0 saturated carbocycles. The molecule has 116 valence electrons. The molecule has 1 unspecified atom stereocenters. The molecule has 0 radical (unpaired) electrons. The van der Waals surface area contributed by atoms with E-state index >= 15 is 0 Å². The van der Waals surface area contributed by atoms with Crippen LogP contribution in [0.15, 0.2) is 36.7 Å². The monoisotopic (exact) mass is 306 g/mol. The minimum Gasteiger partial charge on any atom is -0.350 e. The van der Waals surface area contributed by atoms with Gasteiger partial charge in [0.25, 0.3) is 0 Å². The van der Waals surface area contributed by atoms with E-state index in [0.717, 1.165) is 11.8 Å². The number of amides is 1. The van der Waals surface area contributed by atoms with Crippen LogP contribution in [0.2, 0.25) is 0 Å². The Labute approximate surface area is 125 Å². The van der Waals surface area contributed by atoms with Crippen LogP contribution in [0.1, 0.15) is 24.9 Å². The minimum atomic E-state index is -0.630. The summed E-state index contributed by atoms with van der Waals surface area (Å²) < 4.78 is 14.1. The first kappa shape index (κ1) is 15.6. The fourth-order valence-electron chi connectivity index (χ4n) is 1.99. The molecule has 0 saturated heterocycles. The van der Waals surface area contributed by atoms with E-state index in [2.05, 4.69) is 10.4 Å². The molecule has 1 amide bonds. The second-order valence-electron chi connectivity index (χ2n) is 4.70. The maximum Gasteiger partial charge on any atom is 0.307 e. The number of nitrogens with zero attached hydrogens (tertiary/aromatic N) is 3. The summed E-state index contributed by atoms with van der Waals surface area (Å²) in [5.74, 6) is -0.643. The van der Waals surface area contributed by atoms with Gasteiger partial charge in [-0.1, -0.05) is 19.1 Å². The van der Waals surface area contributed by atoms with Crippen LogP contribution in [0.4, 0.5) is 10.1 Å². The normalized spacial score (nSPS) is 11.9. The zero-order valence-electron chi connectivity index (χ0n) is 11.9. The van der Waals surface area contributed by atoms with Gasteiger partial charge in [0.05, 0.1) is 4.92 Å². The number of carbonyl (C=O) groups excluding carboxylic acids is 1. The van der Waals surface area contributed by atoms with E-state index in [0.29, 0.717) is 6.42 Å². The van der Waals surface area contributed by atoms with E-state index < -0.39 is 11.0 Å². The molecule has 7 nitrogen and oxygen atoms in total. The number of carbonyl (C=O) groups is 1. The SMILES string of the molecule is CCC(C(=O)NCc1ccc(F)cc1)n1cc([N+](=O)[O-])cn1. The molecule has 1 aromatic carbocycles. The zero-order valence-corrected chi connectivity index (χ0v) is 11.9. The maximum absolute atomic E-state index is 12.8. The number of aromatic nitrogens is 2. The van der Waals surface area contributed by atoms with Crippen LogP contribution in [0.3, 0.4) is 0 Å². The Bertz CT molecular complexity index is 669. The lowest BCUT2D eigenvalue weighted by atomic mass is 10.2. The summed E-state index contributed by atoms with van der Waals surface area (Å²) in [6.07, 6.45) is 2.77. The molecule has 8 heteroatoms. The van der Waals surface area contributed by atoms with Gasteiger partial charge in [0.15, 0.2) is 0 Å². The molecule has 22 heavy (non-hydrogen) atoms. The molecule has 1 atom stereocenters. The Kier molecular flexibility index (Phi) is 4.82. The highest BCUT2D eigenvalue weighted by Gasteiger charge is 2.21. The molecular formula is C14H15FN4O3. The lowest BCUT2D eigenvalue weighted by Gasteiger charge is -2.15. The topological polar surface area (TPSA) is 90.1 Å². The number of benzene rings is 1.